The van der Waals surface area contributed by atoms with E-state index in [-0.39, 0.29) is 12.1 Å². The molecule has 1 heterocycles. The van der Waals surface area contributed by atoms with Crippen LogP contribution in [0.25, 0.3) is 0 Å². The molecule has 2 N–H and O–H groups in total. The Morgan fingerprint density at radius 3 is 2.81 bits per heavy atom. The summed E-state index contributed by atoms with van der Waals surface area (Å²) in [6.07, 6.45) is -0.534. The highest BCUT2D eigenvalue weighted by Gasteiger charge is 2.13. The van der Waals surface area contributed by atoms with Crippen LogP contribution < -0.4 is 10.1 Å². The predicted molar refractivity (Wildman–Crippen MR) is 69.1 cm³/mol. The molecule has 0 saturated carbocycles. The zero-order chi connectivity index (χ0) is 12.2. The fourth-order valence-electron chi connectivity index (χ4n) is 0.968. The number of hydrogen-bond acceptors (Lipinski definition) is 5. The summed E-state index contributed by atoms with van der Waals surface area (Å²) in [5.41, 5.74) is 0.00218. The van der Waals surface area contributed by atoms with Crippen LogP contribution in [0, 0.1) is 0 Å². The first-order chi connectivity index (χ1) is 7.38. The Kier molecular flexibility index (Phi) is 5.17. The lowest BCUT2D eigenvalue weighted by Gasteiger charge is -2.22. The van der Waals surface area contributed by atoms with E-state index in [9.17, 15) is 5.11 Å². The number of nitrogens with one attached hydrogen (secondary N) is 1. The van der Waals surface area contributed by atoms with Gasteiger partial charge in [0.15, 0.2) is 0 Å². The van der Waals surface area contributed by atoms with Crippen molar-refractivity contribution >= 4 is 27.5 Å². The van der Waals surface area contributed by atoms with Gasteiger partial charge in [-0.3, -0.25) is 0 Å². The van der Waals surface area contributed by atoms with Crippen molar-refractivity contribution in [2.45, 2.75) is 32.4 Å². The van der Waals surface area contributed by atoms with Gasteiger partial charge in [0, 0.05) is 17.5 Å². The smallest absolute Gasteiger partial charge is 0.239 e. The molecule has 0 aliphatic rings. The third-order valence-electron chi connectivity index (χ3n) is 1.78. The van der Waals surface area contributed by atoms with E-state index in [2.05, 4.69) is 46.4 Å². The Balaban J connectivity index is 2.25. The maximum Gasteiger partial charge on any atom is 0.239 e. The van der Waals surface area contributed by atoms with E-state index in [4.69, 9.17) is 4.74 Å². The van der Waals surface area contributed by atoms with E-state index >= 15 is 0 Å². The van der Waals surface area contributed by atoms with Crippen LogP contribution in [0.1, 0.15) is 20.8 Å². The molecule has 0 aliphatic heterocycles. The molecule has 0 aliphatic carbocycles. The highest BCUT2D eigenvalue weighted by molar-refractivity contribution is 9.10. The van der Waals surface area contributed by atoms with Gasteiger partial charge in [0.05, 0.1) is 4.47 Å². The molecule has 92 valence electrons. The average molecular weight is 309 g/mol. The summed E-state index contributed by atoms with van der Waals surface area (Å²) in [5.74, 6) is 0.541. The Morgan fingerprint density at radius 2 is 2.31 bits per heavy atom. The lowest BCUT2D eigenvalue weighted by Crippen LogP contribution is -2.42. The number of aliphatic hydroxyl groups is 1. The van der Waals surface area contributed by atoms with Crippen LogP contribution in [0.5, 0.6) is 5.88 Å². The second-order valence-corrected chi connectivity index (χ2v) is 6.05. The van der Waals surface area contributed by atoms with E-state index in [1.165, 1.54) is 11.5 Å². The van der Waals surface area contributed by atoms with Crippen LogP contribution in [0.15, 0.2) is 9.85 Å². The van der Waals surface area contributed by atoms with Crippen molar-refractivity contribution < 1.29 is 9.84 Å². The van der Waals surface area contributed by atoms with Crippen molar-refractivity contribution in [3.8, 4) is 5.88 Å². The number of aliphatic hydroxyl groups excluding tert-OH is 1. The third kappa shape index (κ3) is 5.25. The van der Waals surface area contributed by atoms with Crippen LogP contribution >= 0.6 is 27.5 Å². The molecule has 1 atom stereocenters. The number of halogens is 1. The molecule has 1 unspecified atom stereocenters. The van der Waals surface area contributed by atoms with Gasteiger partial charge in [-0.25, -0.2) is 0 Å². The highest BCUT2D eigenvalue weighted by Crippen LogP contribution is 2.24. The molecule has 1 aromatic rings. The minimum Gasteiger partial charge on any atom is -0.473 e. The number of nitrogens with zero attached hydrogens (tertiary/aromatic N) is 1. The zero-order valence-corrected chi connectivity index (χ0v) is 12.1. The van der Waals surface area contributed by atoms with E-state index in [1.807, 2.05) is 5.38 Å². The Hall–Kier alpha value is -0.170. The lowest BCUT2D eigenvalue weighted by molar-refractivity contribution is 0.0979. The van der Waals surface area contributed by atoms with Gasteiger partial charge >= 0.3 is 0 Å². The van der Waals surface area contributed by atoms with Gasteiger partial charge in [-0.2, -0.15) is 4.37 Å². The van der Waals surface area contributed by atoms with Gasteiger partial charge in [0.1, 0.15) is 12.7 Å². The van der Waals surface area contributed by atoms with Gasteiger partial charge in [0.2, 0.25) is 5.88 Å². The standard InChI is InChI=1S/C10H17BrN2O2S/c1-10(2,3)12-4-7(14)5-15-9-8(11)6-16-13-9/h6-7,12,14H,4-5H2,1-3H3. The molecule has 0 amide bonds. The molecule has 0 aromatic carbocycles. The van der Waals surface area contributed by atoms with Gasteiger partial charge in [0.25, 0.3) is 0 Å². The molecule has 1 aromatic heterocycles. The lowest BCUT2D eigenvalue weighted by atomic mass is 10.1. The third-order valence-corrected chi connectivity index (χ3v) is 3.26. The van der Waals surface area contributed by atoms with E-state index in [0.717, 1.165) is 4.47 Å². The maximum absolute atomic E-state index is 9.68. The van der Waals surface area contributed by atoms with Gasteiger partial charge in [-0.05, 0) is 48.2 Å². The molecule has 0 spiro atoms. The summed E-state index contributed by atoms with van der Waals surface area (Å²) in [7, 11) is 0. The number of ether oxygens (including phenoxy) is 1. The van der Waals surface area contributed by atoms with Crippen molar-refractivity contribution in [1.82, 2.24) is 9.69 Å². The monoisotopic (exact) mass is 308 g/mol. The second-order valence-electron chi connectivity index (χ2n) is 4.56. The molecule has 0 fully saturated rings. The van der Waals surface area contributed by atoms with Gasteiger partial charge in [-0.1, -0.05) is 0 Å². The van der Waals surface area contributed by atoms with Crippen LogP contribution in [0.2, 0.25) is 0 Å². The van der Waals surface area contributed by atoms with E-state index in [1.54, 1.807) is 0 Å². The summed E-state index contributed by atoms with van der Waals surface area (Å²) in [6.45, 7) is 6.91. The van der Waals surface area contributed by atoms with Crippen LogP contribution in [0.3, 0.4) is 0 Å². The fourth-order valence-corrected chi connectivity index (χ4v) is 2.03. The van der Waals surface area contributed by atoms with Crippen molar-refractivity contribution in [2.75, 3.05) is 13.2 Å². The van der Waals surface area contributed by atoms with Gasteiger partial charge < -0.3 is 15.2 Å². The predicted octanol–water partition coefficient (Wildman–Crippen LogP) is 2.03. The quantitative estimate of drug-likeness (QED) is 0.874. The number of hydrogen-bond donors (Lipinski definition) is 2. The van der Waals surface area contributed by atoms with Crippen molar-refractivity contribution in [2.24, 2.45) is 0 Å². The molecule has 6 heteroatoms. The largest absolute Gasteiger partial charge is 0.473 e. The number of β-amino-alcohol motifs (C(OH)–C–C–N with tert-alkyl or cyclic N) is 1. The Bertz CT molecular complexity index is 325. The average Bonchev–Trinajstić information content (AvgIpc) is 2.57. The van der Waals surface area contributed by atoms with E-state index in [0.29, 0.717) is 12.4 Å². The molecule has 16 heavy (non-hydrogen) atoms. The molecule has 0 radical (unpaired) electrons. The summed E-state index contributed by atoms with van der Waals surface area (Å²) >= 11 is 4.63. The maximum atomic E-state index is 9.68. The number of rotatable bonds is 5. The molecule has 0 saturated heterocycles. The van der Waals surface area contributed by atoms with Crippen LogP contribution in [-0.2, 0) is 0 Å². The molecule has 4 nitrogen and oxygen atoms in total. The summed E-state index contributed by atoms with van der Waals surface area (Å²) in [6, 6.07) is 0. The second kappa shape index (κ2) is 5.95. The SMILES string of the molecule is CC(C)(C)NCC(O)COc1nscc1Br. The summed E-state index contributed by atoms with van der Waals surface area (Å²) < 4.78 is 10.2. The molecular formula is C10H17BrN2O2S. The van der Waals surface area contributed by atoms with Crippen molar-refractivity contribution in [1.29, 1.82) is 0 Å². The van der Waals surface area contributed by atoms with Gasteiger partial charge in [-0.15, -0.1) is 0 Å². The topological polar surface area (TPSA) is 54.4 Å². The van der Waals surface area contributed by atoms with Crippen LogP contribution in [-0.4, -0.2) is 34.3 Å². The number of aromatic nitrogens is 1. The Morgan fingerprint density at radius 1 is 1.62 bits per heavy atom. The highest BCUT2D eigenvalue weighted by atomic mass is 79.9. The molecular weight excluding hydrogens is 292 g/mol. The Labute approximate surface area is 108 Å². The molecule has 0 bridgehead atoms. The van der Waals surface area contributed by atoms with Crippen molar-refractivity contribution in [3.05, 3.63) is 9.85 Å². The summed E-state index contributed by atoms with van der Waals surface area (Å²) in [5, 5.41) is 14.7. The minimum atomic E-state index is -0.534. The van der Waals surface area contributed by atoms with E-state index < -0.39 is 6.10 Å². The fraction of sp³-hybridized carbons (Fsp3) is 0.700. The first-order valence-electron chi connectivity index (χ1n) is 5.04. The first kappa shape index (κ1) is 13.9. The molecule has 1 rings (SSSR count). The summed E-state index contributed by atoms with van der Waals surface area (Å²) in [4.78, 5) is 0. The minimum absolute atomic E-state index is 0.00218. The normalized spacial score (nSPS) is 13.8. The van der Waals surface area contributed by atoms with Crippen molar-refractivity contribution in [3.63, 3.8) is 0 Å². The first-order valence-corrected chi connectivity index (χ1v) is 6.67. The zero-order valence-electron chi connectivity index (χ0n) is 9.66. The van der Waals surface area contributed by atoms with Crippen LogP contribution in [0.4, 0.5) is 0 Å².